The van der Waals surface area contributed by atoms with Crippen LogP contribution in [0.4, 0.5) is 0 Å². The van der Waals surface area contributed by atoms with E-state index in [1.807, 2.05) is 12.1 Å². The van der Waals surface area contributed by atoms with Crippen molar-refractivity contribution in [2.24, 2.45) is 0 Å². The molecule has 0 atom stereocenters. The van der Waals surface area contributed by atoms with Crippen LogP contribution in [0.25, 0.3) is 0 Å². The second-order valence-electron chi connectivity index (χ2n) is 5.73. The molecule has 0 spiro atoms. The minimum absolute atomic E-state index is 0.0547. The lowest BCUT2D eigenvalue weighted by Crippen LogP contribution is -2.31. The van der Waals surface area contributed by atoms with E-state index in [9.17, 15) is 9.90 Å². The van der Waals surface area contributed by atoms with Crippen molar-refractivity contribution in [2.75, 3.05) is 6.61 Å². The number of fused-ring (bicyclic) bond motifs is 1. The molecule has 128 valence electrons. The molecule has 0 fully saturated rings. The van der Waals surface area contributed by atoms with Gasteiger partial charge >= 0.3 is 5.69 Å². The number of aliphatic hydroxyl groups excluding tert-OH is 1. The molecular weight excluding hydrogens is 367 g/mol. The molecular formula is C17H18Cl2N2O2S. The zero-order valence-electron chi connectivity index (χ0n) is 13.1. The van der Waals surface area contributed by atoms with Gasteiger partial charge in [0.1, 0.15) is 5.03 Å². The molecule has 2 aromatic rings. The minimum atomic E-state index is -0.283. The smallest absolute Gasteiger partial charge is 0.348 e. The van der Waals surface area contributed by atoms with Crippen molar-refractivity contribution in [3.8, 4) is 0 Å². The Morgan fingerprint density at radius 3 is 2.79 bits per heavy atom. The van der Waals surface area contributed by atoms with E-state index in [1.54, 1.807) is 10.6 Å². The van der Waals surface area contributed by atoms with E-state index >= 15 is 0 Å². The van der Waals surface area contributed by atoms with Gasteiger partial charge in [-0.1, -0.05) is 29.3 Å². The summed E-state index contributed by atoms with van der Waals surface area (Å²) in [5.41, 5.74) is 2.86. The average Bonchev–Trinajstić information content (AvgIpc) is 2.57. The van der Waals surface area contributed by atoms with Gasteiger partial charge < -0.3 is 5.11 Å². The molecule has 7 heteroatoms. The normalized spacial score (nSPS) is 13.8. The van der Waals surface area contributed by atoms with Crippen LogP contribution >= 0.6 is 35.0 Å². The maximum atomic E-state index is 12.3. The molecule has 1 aromatic carbocycles. The lowest BCUT2D eigenvalue weighted by atomic mass is 9.97. The molecule has 0 amide bonds. The number of nitrogens with zero attached hydrogens (tertiary/aromatic N) is 2. The number of hydrogen-bond acceptors (Lipinski definition) is 4. The zero-order chi connectivity index (χ0) is 17.1. The van der Waals surface area contributed by atoms with Crippen molar-refractivity contribution in [3.05, 3.63) is 55.5 Å². The van der Waals surface area contributed by atoms with Crippen LogP contribution in [0.1, 0.15) is 29.7 Å². The largest absolute Gasteiger partial charge is 0.395 e. The SMILES string of the molecule is O=c1nc(SCc2ccc(Cl)cc2Cl)c2c(n1CCO)CCCC2. The van der Waals surface area contributed by atoms with Crippen molar-refractivity contribution in [3.63, 3.8) is 0 Å². The molecule has 1 aliphatic rings. The summed E-state index contributed by atoms with van der Waals surface area (Å²) < 4.78 is 1.62. The van der Waals surface area contributed by atoms with Crippen molar-refractivity contribution in [1.29, 1.82) is 0 Å². The van der Waals surface area contributed by atoms with Crippen molar-refractivity contribution in [1.82, 2.24) is 9.55 Å². The number of hydrogen-bond donors (Lipinski definition) is 1. The summed E-state index contributed by atoms with van der Waals surface area (Å²) in [6, 6.07) is 5.43. The van der Waals surface area contributed by atoms with Gasteiger partial charge in [0.2, 0.25) is 0 Å². The van der Waals surface area contributed by atoms with Crippen LogP contribution in [0.3, 0.4) is 0 Å². The number of aliphatic hydroxyl groups is 1. The van der Waals surface area contributed by atoms with Crippen LogP contribution in [0.2, 0.25) is 10.0 Å². The van der Waals surface area contributed by atoms with Crippen LogP contribution in [-0.2, 0) is 25.1 Å². The molecule has 1 N–H and O–H groups in total. The third-order valence-electron chi connectivity index (χ3n) is 4.15. The Morgan fingerprint density at radius 1 is 1.25 bits per heavy atom. The van der Waals surface area contributed by atoms with Crippen molar-refractivity contribution < 1.29 is 5.11 Å². The summed E-state index contributed by atoms with van der Waals surface area (Å²) in [7, 11) is 0. The minimum Gasteiger partial charge on any atom is -0.395 e. The summed E-state index contributed by atoms with van der Waals surface area (Å²) in [4.78, 5) is 16.6. The second-order valence-corrected chi connectivity index (χ2v) is 7.54. The van der Waals surface area contributed by atoms with Gasteiger partial charge in [-0.3, -0.25) is 4.57 Å². The van der Waals surface area contributed by atoms with Crippen LogP contribution in [0.15, 0.2) is 28.0 Å². The second kappa shape index (κ2) is 7.91. The van der Waals surface area contributed by atoms with E-state index in [1.165, 1.54) is 11.8 Å². The topological polar surface area (TPSA) is 55.1 Å². The highest BCUT2D eigenvalue weighted by Gasteiger charge is 2.20. The fourth-order valence-corrected chi connectivity index (χ4v) is 4.62. The van der Waals surface area contributed by atoms with E-state index in [0.29, 0.717) is 22.3 Å². The number of benzene rings is 1. The maximum absolute atomic E-state index is 12.3. The first kappa shape index (κ1) is 17.8. The van der Waals surface area contributed by atoms with Crippen molar-refractivity contribution >= 4 is 35.0 Å². The fraction of sp³-hybridized carbons (Fsp3) is 0.412. The Labute approximate surface area is 154 Å². The maximum Gasteiger partial charge on any atom is 0.348 e. The fourth-order valence-electron chi connectivity index (χ4n) is 2.98. The Hall–Kier alpha value is -1.01. The Bertz CT molecular complexity index is 808. The Kier molecular flexibility index (Phi) is 5.87. The molecule has 0 bridgehead atoms. The number of aromatic nitrogens is 2. The molecule has 3 rings (SSSR count). The Balaban J connectivity index is 1.90. The van der Waals surface area contributed by atoms with E-state index < -0.39 is 0 Å². The Morgan fingerprint density at radius 2 is 2.04 bits per heavy atom. The lowest BCUT2D eigenvalue weighted by Gasteiger charge is -2.22. The van der Waals surface area contributed by atoms with E-state index in [2.05, 4.69) is 4.98 Å². The summed E-state index contributed by atoms with van der Waals surface area (Å²) in [6.07, 6.45) is 3.95. The van der Waals surface area contributed by atoms with Crippen LogP contribution in [0, 0.1) is 0 Å². The molecule has 0 radical (unpaired) electrons. The highest BCUT2D eigenvalue weighted by atomic mass is 35.5. The lowest BCUT2D eigenvalue weighted by molar-refractivity contribution is 0.269. The predicted molar refractivity (Wildman–Crippen MR) is 98.2 cm³/mol. The van der Waals surface area contributed by atoms with Gasteiger partial charge in [0, 0.05) is 27.1 Å². The summed E-state index contributed by atoms with van der Waals surface area (Å²) in [6.45, 7) is 0.253. The first-order valence-electron chi connectivity index (χ1n) is 7.90. The molecule has 1 heterocycles. The van der Waals surface area contributed by atoms with E-state index in [0.717, 1.165) is 47.5 Å². The van der Waals surface area contributed by atoms with Crippen LogP contribution in [-0.4, -0.2) is 21.3 Å². The first-order valence-corrected chi connectivity index (χ1v) is 9.64. The molecule has 0 saturated carbocycles. The molecule has 0 unspecified atom stereocenters. The monoisotopic (exact) mass is 384 g/mol. The highest BCUT2D eigenvalue weighted by Crippen LogP contribution is 2.32. The standard InChI is InChI=1S/C17H18Cl2N2O2S/c18-12-6-5-11(14(19)9-12)10-24-16-13-3-1-2-4-15(13)21(7-8-22)17(23)20-16/h5-6,9,22H,1-4,7-8,10H2. The summed E-state index contributed by atoms with van der Waals surface area (Å²) in [5.74, 6) is 0.638. The van der Waals surface area contributed by atoms with E-state index in [4.69, 9.17) is 23.2 Å². The van der Waals surface area contributed by atoms with Gasteiger partial charge in [0.25, 0.3) is 0 Å². The quantitative estimate of drug-likeness (QED) is 0.630. The third-order valence-corrected chi connectivity index (χ3v) is 5.81. The first-order chi connectivity index (χ1) is 11.6. The highest BCUT2D eigenvalue weighted by molar-refractivity contribution is 7.98. The van der Waals surface area contributed by atoms with Gasteiger partial charge in [-0.25, -0.2) is 4.79 Å². The van der Waals surface area contributed by atoms with Gasteiger partial charge in [-0.15, -0.1) is 11.8 Å². The van der Waals surface area contributed by atoms with Crippen LogP contribution < -0.4 is 5.69 Å². The number of rotatable bonds is 5. The summed E-state index contributed by atoms with van der Waals surface area (Å²) in [5, 5.41) is 11.2. The predicted octanol–water partition coefficient (Wildman–Crippen LogP) is 3.71. The summed E-state index contributed by atoms with van der Waals surface area (Å²) >= 11 is 13.7. The third kappa shape index (κ3) is 3.80. The van der Waals surface area contributed by atoms with Crippen LogP contribution in [0.5, 0.6) is 0 Å². The van der Waals surface area contributed by atoms with Gasteiger partial charge in [0.05, 0.1) is 13.2 Å². The van der Waals surface area contributed by atoms with E-state index in [-0.39, 0.29) is 12.3 Å². The molecule has 4 nitrogen and oxygen atoms in total. The number of thioether (sulfide) groups is 1. The zero-order valence-corrected chi connectivity index (χ0v) is 15.4. The molecule has 24 heavy (non-hydrogen) atoms. The van der Waals surface area contributed by atoms with Crippen molar-refractivity contribution in [2.45, 2.75) is 43.0 Å². The molecule has 1 aliphatic carbocycles. The molecule has 0 saturated heterocycles. The number of halogens is 2. The molecule has 1 aromatic heterocycles. The van der Waals surface area contributed by atoms with Gasteiger partial charge in [-0.05, 0) is 43.4 Å². The molecule has 0 aliphatic heterocycles. The van der Waals surface area contributed by atoms with Gasteiger partial charge in [-0.2, -0.15) is 4.98 Å². The van der Waals surface area contributed by atoms with Gasteiger partial charge in [0.15, 0.2) is 0 Å². The average molecular weight is 385 g/mol.